The second-order valence-corrected chi connectivity index (χ2v) is 26.5. The van der Waals surface area contributed by atoms with Crippen LogP contribution in [0.15, 0.2) is 207 Å². The van der Waals surface area contributed by atoms with Gasteiger partial charge in [0.2, 0.25) is 11.8 Å². The molecule has 0 N–H and O–H groups in total. The fraction of sp³-hybridized carbons (Fsp3) is 0.309. The monoisotopic (exact) mass is 1510 g/mol. The van der Waals surface area contributed by atoms with E-state index in [0.717, 1.165) is 45.0 Å². The normalized spacial score (nSPS) is 17.3. The third-order valence-corrected chi connectivity index (χ3v) is 19.8. The number of carbonyl (C=O) groups excluding carboxylic acids is 2. The summed E-state index contributed by atoms with van der Waals surface area (Å²) in [5.74, 6) is -7.45. The summed E-state index contributed by atoms with van der Waals surface area (Å²) in [6.07, 6.45) is -8.45. The molecule has 0 unspecified atom stereocenters. The highest BCUT2D eigenvalue weighted by Gasteiger charge is 2.34. The lowest BCUT2D eigenvalue weighted by atomic mass is 10.00. The molecule has 2 fully saturated rings. The summed E-state index contributed by atoms with van der Waals surface area (Å²) >= 11 is 1.51. The number of halogens is 10. The molecule has 0 spiro atoms. The number of hydrogen-bond acceptors (Lipinski definition) is 10. The maximum atomic E-state index is 15.3. The van der Waals surface area contributed by atoms with E-state index >= 15 is 9.18 Å². The summed E-state index contributed by atoms with van der Waals surface area (Å²) in [6.45, 7) is 1.43. The zero-order valence-electron chi connectivity index (χ0n) is 76.8. The Morgan fingerprint density at radius 2 is 1.06 bits per heavy atom. The van der Waals surface area contributed by atoms with Gasteiger partial charge >= 0.3 is 12.4 Å². The number of methoxy groups -OCH3 is 2. The standard InChI is InChI=1S/C41H40F5N3O3S.C40H38F5N3O3S/c1-27-6-15-36-34(22-27)37(50)23-39(53-26-31-4-3-5-35(42)40(31)43)49(36)25-38(51)48(33-16-18-47(19-17-33)20-21-52-2)24-28-7-9-29(10-8-28)30-11-13-32(14-12-30)41(44,45)46;1-51-22-21-46-19-17-32(18-20-46)47(24-27-9-11-28(12-10-27)29-13-15-31(16-14-29)40(43,44)45)37(50)25-48-35-8-3-2-6-33(35)36(49)23-38(48)52-26-30-5-4-7-34(41)39(30)42/h3-15,22-23,33H,16-21,24-26H2,1-2H3;2-16,23,32H,17-22,24-26H2,1H3/i2D3,3D,4D,5D,6D,7D,8D,9D,10D,11D,12D,13D,14D,15D,22D,23D;1D3. The predicted octanol–water partition coefficient (Wildman–Crippen LogP) is 17.1. The molecule has 2 saturated heterocycles. The number of ether oxygens (including phenoxy) is 2. The van der Waals surface area contributed by atoms with Gasteiger partial charge in [-0.3, -0.25) is 19.2 Å². The Balaban J connectivity index is 0.000000252. The lowest BCUT2D eigenvalue weighted by Crippen LogP contribution is -2.48. The van der Waals surface area contributed by atoms with Gasteiger partial charge in [-0.2, -0.15) is 26.3 Å². The van der Waals surface area contributed by atoms with E-state index < -0.39 is 226 Å². The van der Waals surface area contributed by atoms with Gasteiger partial charge < -0.3 is 38.2 Å². The number of aromatic nitrogens is 2. The SMILES string of the molecule is [2H]C([2H])([2H])OCCN1CCC(N(Cc2ccc(-c3ccc(C(F)(F)F)cc3)cc2)C(=O)Cn2c(SCc3cccc(F)c3F)cc(=O)c3ccccc32)CC1.[2H]c1c([2H])c(F)c(F)c(CSc2c([2H])c(=O)c3c([2H])c(C)c([2H])c([2H])c3n2CC(=O)N(Cc2c([2H])c([2H])c(-c3c([2H])c([2H])c(C(F)(F)F)c([2H])c3[2H])c([2H])c2[2H])C2CCN(CCOC([2H])([2H])[2H])CC2)c1[2H]. The van der Waals surface area contributed by atoms with Crippen LogP contribution in [0.4, 0.5) is 43.9 Å². The fourth-order valence-corrected chi connectivity index (χ4v) is 14.2. The van der Waals surface area contributed by atoms with Crippen molar-refractivity contribution in [3.05, 3.63) is 270 Å². The first-order valence-electron chi connectivity index (χ1n) is 43.2. The van der Waals surface area contributed by atoms with Crippen molar-refractivity contribution in [1.29, 1.82) is 0 Å². The summed E-state index contributed by atoms with van der Waals surface area (Å²) in [4.78, 5) is 63.5. The number of piperidine rings is 2. The lowest BCUT2D eigenvalue weighted by Gasteiger charge is -2.39. The van der Waals surface area contributed by atoms with Gasteiger partial charge in [0.25, 0.3) is 0 Å². The molecule has 2 amide bonds. The lowest BCUT2D eigenvalue weighted by molar-refractivity contribution is -0.138. The van der Waals surface area contributed by atoms with Crippen molar-refractivity contribution in [1.82, 2.24) is 28.7 Å². The number of likely N-dealkylation sites (tertiary alicyclic amines) is 2. The number of nitrogens with zero attached hydrogens (tertiary/aromatic N) is 6. The number of carbonyl (C=O) groups is 2. The first-order valence-corrected chi connectivity index (χ1v) is 34.7. The van der Waals surface area contributed by atoms with Gasteiger partial charge in [-0.25, -0.2) is 17.6 Å². The molecule has 8 aromatic carbocycles. The van der Waals surface area contributed by atoms with Crippen LogP contribution in [0.1, 0.15) is 93.4 Å². The highest BCUT2D eigenvalue weighted by atomic mass is 32.2. The summed E-state index contributed by atoms with van der Waals surface area (Å²) in [5.41, 5.74) is -5.22. The molecule has 0 aliphatic carbocycles. The van der Waals surface area contributed by atoms with Crippen LogP contribution in [0.2, 0.25) is 0 Å². The van der Waals surface area contributed by atoms with Crippen LogP contribution >= 0.6 is 23.5 Å². The van der Waals surface area contributed by atoms with E-state index in [1.54, 1.807) is 50.8 Å². The van der Waals surface area contributed by atoms with Gasteiger partial charge in [0.15, 0.2) is 34.1 Å². The van der Waals surface area contributed by atoms with Gasteiger partial charge in [-0.15, -0.1) is 23.5 Å². The molecule has 24 heteroatoms. The Hall–Kier alpha value is -9.04. The van der Waals surface area contributed by atoms with Crippen LogP contribution in [0.5, 0.6) is 0 Å². The van der Waals surface area contributed by atoms with E-state index in [9.17, 15) is 53.9 Å². The second-order valence-electron chi connectivity index (χ2n) is 24.6. The van der Waals surface area contributed by atoms with E-state index in [0.29, 0.717) is 71.3 Å². The molecule has 105 heavy (non-hydrogen) atoms. The molecule has 0 bridgehead atoms. The number of pyridine rings is 2. The molecule has 2 aliphatic rings. The van der Waals surface area contributed by atoms with Crippen LogP contribution in [-0.4, -0.2) is 119 Å². The fourth-order valence-electron chi connectivity index (χ4n) is 12.2. The molecule has 550 valence electrons. The smallest absolute Gasteiger partial charge is 0.383 e. The van der Waals surface area contributed by atoms with Crippen molar-refractivity contribution in [3.63, 3.8) is 0 Å². The highest BCUT2D eigenvalue weighted by Crippen LogP contribution is 2.36. The number of hydrogen-bond donors (Lipinski definition) is 0. The van der Waals surface area contributed by atoms with E-state index in [4.69, 9.17) is 38.3 Å². The molecule has 10 aromatic rings. The minimum Gasteiger partial charge on any atom is -0.383 e. The number of para-hydroxylation sites is 1. The molecule has 0 saturated carbocycles. The average molecular weight is 1510 g/mol. The van der Waals surface area contributed by atoms with Gasteiger partial charge in [-0.05, 0) is 127 Å². The van der Waals surface area contributed by atoms with Crippen molar-refractivity contribution in [3.8, 4) is 22.3 Å². The van der Waals surface area contributed by atoms with E-state index in [1.807, 2.05) is 12.1 Å². The molecule has 12 nitrogen and oxygen atoms in total. The maximum absolute atomic E-state index is 15.3. The summed E-state index contributed by atoms with van der Waals surface area (Å²) in [5, 5.41) is -0.301. The molecular formula is C81H78F10N6O6S2. The quantitative estimate of drug-likeness (QED) is 0.0428. The first-order chi connectivity index (χ1) is 59.0. The minimum atomic E-state index is -5.35. The Bertz CT molecular complexity index is 5880. The Kier molecular flexibility index (Phi) is 17.8. The summed E-state index contributed by atoms with van der Waals surface area (Å²) < 4.78 is 323. The number of benzene rings is 8. The molecule has 0 atom stereocenters. The van der Waals surface area contributed by atoms with Crippen LogP contribution in [0.25, 0.3) is 44.1 Å². The zero-order chi connectivity index (χ0) is 92.6. The van der Waals surface area contributed by atoms with Crippen molar-refractivity contribution in [2.24, 2.45) is 0 Å². The van der Waals surface area contributed by atoms with E-state index in [2.05, 4.69) is 4.90 Å². The van der Waals surface area contributed by atoms with Gasteiger partial charge in [-0.1, -0.05) is 121 Å². The molecule has 2 aromatic heterocycles. The third-order valence-electron chi connectivity index (χ3n) is 17.7. The summed E-state index contributed by atoms with van der Waals surface area (Å²) in [7, 11) is -5.18. The molecule has 2 aliphatic heterocycles. The Morgan fingerprint density at radius 1 is 0.524 bits per heavy atom. The zero-order valence-corrected chi connectivity index (χ0v) is 57.5. The number of fused-ring (bicyclic) bond motifs is 2. The number of alkyl halides is 6. The molecule has 0 radical (unpaired) electrons. The van der Waals surface area contributed by atoms with Crippen molar-refractivity contribution in [2.75, 3.05) is 66.6 Å². The van der Waals surface area contributed by atoms with Crippen LogP contribution in [0, 0.1) is 30.2 Å². The van der Waals surface area contributed by atoms with Crippen LogP contribution in [-0.2, 0) is 69.1 Å². The topological polar surface area (TPSA) is 110 Å². The Morgan fingerprint density at radius 3 is 1.65 bits per heavy atom. The largest absolute Gasteiger partial charge is 0.416 e. The highest BCUT2D eigenvalue weighted by molar-refractivity contribution is 7.98. The summed E-state index contributed by atoms with van der Waals surface area (Å²) in [6, 6.07) is 7.72. The minimum absolute atomic E-state index is 0.00844. The maximum Gasteiger partial charge on any atom is 0.416 e. The van der Waals surface area contributed by atoms with Crippen LogP contribution < -0.4 is 10.9 Å². The predicted molar refractivity (Wildman–Crippen MR) is 391 cm³/mol. The van der Waals surface area contributed by atoms with Gasteiger partial charge in [0.1, 0.15) is 13.1 Å². The van der Waals surface area contributed by atoms with E-state index in [-0.39, 0.29) is 93.0 Å². The first kappa shape index (κ1) is 53.7. The van der Waals surface area contributed by atoms with Crippen molar-refractivity contribution < 1.29 is 91.8 Å². The van der Waals surface area contributed by atoms with Crippen LogP contribution in [0.3, 0.4) is 0 Å². The van der Waals surface area contributed by atoms with Gasteiger partial charge in [0.05, 0.1) is 74.2 Å². The molecule has 12 rings (SSSR count). The second kappa shape index (κ2) is 34.9. The number of amides is 2. The molecule has 4 heterocycles. The van der Waals surface area contributed by atoms with E-state index in [1.165, 1.54) is 37.3 Å². The third kappa shape index (κ3) is 19.5. The van der Waals surface area contributed by atoms with Crippen molar-refractivity contribution in [2.45, 2.75) is 105 Å². The molecular weight excluding hydrogens is 1410 g/mol. The number of thioether (sulfide) groups is 2. The van der Waals surface area contributed by atoms with Gasteiger partial charge in [0, 0.05) is 124 Å². The Labute approximate surface area is 639 Å². The average Bonchev–Trinajstić information content (AvgIpc) is 0.737. The number of rotatable bonds is 24. The van der Waals surface area contributed by atoms with Crippen molar-refractivity contribution >= 4 is 57.1 Å².